The van der Waals surface area contributed by atoms with Gasteiger partial charge in [0.2, 0.25) is 0 Å². The zero-order chi connectivity index (χ0) is 17.8. The van der Waals surface area contributed by atoms with Gasteiger partial charge in [-0.1, -0.05) is 0 Å². The Balaban J connectivity index is 1.41. The molecule has 1 aliphatic heterocycles. The molecule has 1 aliphatic rings. The molecule has 0 radical (unpaired) electrons. The minimum atomic E-state index is 0.394. The molecule has 0 N–H and O–H groups in total. The summed E-state index contributed by atoms with van der Waals surface area (Å²) >= 11 is 0. The fourth-order valence-corrected chi connectivity index (χ4v) is 3.27. The summed E-state index contributed by atoms with van der Waals surface area (Å²) < 4.78 is 12.7. The second-order valence-electron chi connectivity index (χ2n) is 6.51. The Labute approximate surface area is 151 Å². The number of hydrogen-bond acceptors (Lipinski definition) is 7. The highest BCUT2D eigenvalue weighted by molar-refractivity contribution is 5.36. The van der Waals surface area contributed by atoms with Gasteiger partial charge in [-0.05, 0) is 18.6 Å². The highest BCUT2D eigenvalue weighted by Gasteiger charge is 2.20. The molecule has 0 spiro atoms. The van der Waals surface area contributed by atoms with Crippen molar-refractivity contribution in [3.05, 3.63) is 48.2 Å². The zero-order valence-corrected chi connectivity index (χ0v) is 14.8. The van der Waals surface area contributed by atoms with Crippen LogP contribution in [-0.2, 0) is 17.7 Å². The number of methoxy groups -OCH3 is 1. The fraction of sp³-hybridized carbons (Fsp3) is 0.444. The van der Waals surface area contributed by atoms with Crippen LogP contribution in [-0.4, -0.2) is 62.9 Å². The van der Waals surface area contributed by atoms with Crippen LogP contribution in [0, 0.1) is 5.92 Å². The van der Waals surface area contributed by atoms with Crippen LogP contribution in [0.1, 0.15) is 11.3 Å². The molecule has 26 heavy (non-hydrogen) atoms. The molecule has 136 valence electrons. The van der Waals surface area contributed by atoms with E-state index in [1.54, 1.807) is 13.3 Å². The summed E-state index contributed by atoms with van der Waals surface area (Å²) in [5.41, 5.74) is 3.00. The van der Waals surface area contributed by atoms with Gasteiger partial charge in [0.1, 0.15) is 0 Å². The third kappa shape index (κ3) is 3.97. The van der Waals surface area contributed by atoms with Gasteiger partial charge in [0.05, 0.1) is 26.0 Å². The van der Waals surface area contributed by atoms with Gasteiger partial charge in [0.25, 0.3) is 0 Å². The van der Waals surface area contributed by atoms with Gasteiger partial charge < -0.3 is 9.47 Å². The first-order valence-corrected chi connectivity index (χ1v) is 8.74. The van der Waals surface area contributed by atoms with Crippen molar-refractivity contribution >= 4 is 5.65 Å². The molecule has 1 saturated heterocycles. The Morgan fingerprint density at radius 1 is 1.23 bits per heavy atom. The fourth-order valence-electron chi connectivity index (χ4n) is 3.27. The Kier molecular flexibility index (Phi) is 5.03. The molecule has 3 aromatic heterocycles. The van der Waals surface area contributed by atoms with E-state index in [-0.39, 0.29) is 0 Å². The largest absolute Gasteiger partial charge is 0.467 e. The summed E-state index contributed by atoms with van der Waals surface area (Å²) in [5, 5.41) is 4.63. The number of hydrogen-bond donors (Lipinski definition) is 0. The molecule has 4 heterocycles. The lowest BCUT2D eigenvalue weighted by atomic mass is 10.0. The molecule has 8 heteroatoms. The van der Waals surface area contributed by atoms with E-state index in [2.05, 4.69) is 31.0 Å². The number of fused-ring (bicyclic) bond motifs is 1. The van der Waals surface area contributed by atoms with Crippen molar-refractivity contribution in [3.8, 4) is 6.01 Å². The average molecular weight is 354 g/mol. The van der Waals surface area contributed by atoms with Crippen molar-refractivity contribution in [1.29, 1.82) is 0 Å². The molecule has 3 aromatic rings. The van der Waals surface area contributed by atoms with E-state index in [9.17, 15) is 0 Å². The summed E-state index contributed by atoms with van der Waals surface area (Å²) in [7, 11) is 1.57. The minimum Gasteiger partial charge on any atom is -0.467 e. The van der Waals surface area contributed by atoms with Gasteiger partial charge in [0.15, 0.2) is 5.65 Å². The van der Waals surface area contributed by atoms with E-state index in [4.69, 9.17) is 9.47 Å². The van der Waals surface area contributed by atoms with Crippen LogP contribution >= 0.6 is 0 Å². The summed E-state index contributed by atoms with van der Waals surface area (Å²) in [6, 6.07) is 4.45. The minimum absolute atomic E-state index is 0.394. The van der Waals surface area contributed by atoms with E-state index in [1.165, 1.54) is 0 Å². The molecule has 1 unspecified atom stereocenters. The molecule has 0 amide bonds. The molecule has 0 aromatic carbocycles. The third-order valence-corrected chi connectivity index (χ3v) is 4.50. The topological polar surface area (TPSA) is 77.7 Å². The summed E-state index contributed by atoms with van der Waals surface area (Å²) in [4.78, 5) is 15.0. The highest BCUT2D eigenvalue weighted by atomic mass is 16.5. The van der Waals surface area contributed by atoms with Crippen LogP contribution in [0.15, 0.2) is 36.9 Å². The number of aromatic nitrogens is 5. The molecule has 4 rings (SSSR count). The standard InChI is InChI=1S/C18H22N6O2/c1-25-18-20-9-15(10-21-18)12-23-6-7-26-13-14(11-23)8-16-2-3-17-19-4-5-24(17)22-16/h2-5,9-10,14H,6-8,11-13H2,1H3. The quantitative estimate of drug-likeness (QED) is 0.682. The van der Waals surface area contributed by atoms with E-state index >= 15 is 0 Å². The Hall–Kier alpha value is -2.58. The zero-order valence-electron chi connectivity index (χ0n) is 14.8. The highest BCUT2D eigenvalue weighted by Crippen LogP contribution is 2.15. The average Bonchev–Trinajstić information content (AvgIpc) is 3.02. The molecule has 8 nitrogen and oxygen atoms in total. The predicted molar refractivity (Wildman–Crippen MR) is 94.9 cm³/mol. The normalized spacial score (nSPS) is 18.7. The molecule has 0 aliphatic carbocycles. The number of rotatable bonds is 5. The van der Waals surface area contributed by atoms with Gasteiger partial charge >= 0.3 is 6.01 Å². The van der Waals surface area contributed by atoms with E-state index in [0.29, 0.717) is 11.9 Å². The SMILES string of the molecule is COc1ncc(CN2CCOCC(Cc3ccc4nccn4n3)C2)cn1. The number of nitrogens with zero attached hydrogens (tertiary/aromatic N) is 6. The Morgan fingerprint density at radius 3 is 2.96 bits per heavy atom. The van der Waals surface area contributed by atoms with Crippen molar-refractivity contribution in [2.45, 2.75) is 13.0 Å². The summed E-state index contributed by atoms with van der Waals surface area (Å²) in [6.45, 7) is 4.14. The van der Waals surface area contributed by atoms with Gasteiger partial charge in [-0.25, -0.2) is 19.5 Å². The van der Waals surface area contributed by atoms with Crippen LogP contribution in [0.25, 0.3) is 5.65 Å². The first-order chi connectivity index (χ1) is 12.8. The van der Waals surface area contributed by atoms with E-state index in [0.717, 1.165) is 56.2 Å². The summed E-state index contributed by atoms with van der Waals surface area (Å²) in [5.74, 6) is 0.394. The molecular weight excluding hydrogens is 332 g/mol. The van der Waals surface area contributed by atoms with Gasteiger partial charge in [-0.15, -0.1) is 0 Å². The maximum absolute atomic E-state index is 5.82. The van der Waals surface area contributed by atoms with Crippen molar-refractivity contribution in [2.24, 2.45) is 5.92 Å². The molecule has 0 saturated carbocycles. The predicted octanol–water partition coefficient (Wildman–Crippen LogP) is 1.22. The lowest BCUT2D eigenvalue weighted by molar-refractivity contribution is 0.121. The Morgan fingerprint density at radius 2 is 2.12 bits per heavy atom. The number of imidazole rings is 1. The maximum Gasteiger partial charge on any atom is 0.316 e. The van der Waals surface area contributed by atoms with Gasteiger partial charge in [-0.2, -0.15) is 5.10 Å². The van der Waals surface area contributed by atoms with Crippen molar-refractivity contribution in [1.82, 2.24) is 29.5 Å². The third-order valence-electron chi connectivity index (χ3n) is 4.50. The van der Waals surface area contributed by atoms with E-state index in [1.807, 2.05) is 29.2 Å². The van der Waals surface area contributed by atoms with Crippen molar-refractivity contribution in [2.75, 3.05) is 33.4 Å². The number of ether oxygens (including phenoxy) is 2. The molecule has 0 bridgehead atoms. The van der Waals surface area contributed by atoms with Crippen LogP contribution in [0.3, 0.4) is 0 Å². The first kappa shape index (κ1) is 16.9. The van der Waals surface area contributed by atoms with E-state index < -0.39 is 0 Å². The first-order valence-electron chi connectivity index (χ1n) is 8.74. The molecule has 1 atom stereocenters. The maximum atomic E-state index is 5.82. The second kappa shape index (κ2) is 7.76. The van der Waals surface area contributed by atoms with Gasteiger partial charge in [-0.3, -0.25) is 4.90 Å². The van der Waals surface area contributed by atoms with Crippen LogP contribution < -0.4 is 4.74 Å². The monoisotopic (exact) mass is 354 g/mol. The lowest BCUT2D eigenvalue weighted by Crippen LogP contribution is -2.30. The van der Waals surface area contributed by atoms with Crippen LogP contribution in [0.5, 0.6) is 6.01 Å². The molecular formula is C18H22N6O2. The van der Waals surface area contributed by atoms with Gasteiger partial charge in [0, 0.05) is 55.9 Å². The van der Waals surface area contributed by atoms with Crippen molar-refractivity contribution < 1.29 is 9.47 Å². The smallest absolute Gasteiger partial charge is 0.316 e. The van der Waals surface area contributed by atoms with Crippen molar-refractivity contribution in [3.63, 3.8) is 0 Å². The van der Waals surface area contributed by atoms with Crippen LogP contribution in [0.2, 0.25) is 0 Å². The Bertz CT molecular complexity index is 850. The summed E-state index contributed by atoms with van der Waals surface area (Å²) in [6.07, 6.45) is 8.16. The molecule has 1 fully saturated rings. The lowest BCUT2D eigenvalue weighted by Gasteiger charge is -2.23. The van der Waals surface area contributed by atoms with Crippen LogP contribution in [0.4, 0.5) is 0 Å². The second-order valence-corrected chi connectivity index (χ2v) is 6.51.